The number of hydrogen-bond donors (Lipinski definition) is 1. The molecule has 6 nitrogen and oxygen atoms in total. The molecule has 0 fully saturated rings. The number of benzene rings is 2. The third-order valence-corrected chi connectivity index (χ3v) is 4.86. The van der Waals surface area contributed by atoms with Gasteiger partial charge in [0.15, 0.2) is 5.16 Å². The summed E-state index contributed by atoms with van der Waals surface area (Å²) in [6.45, 7) is 0.178. The van der Waals surface area contributed by atoms with Crippen molar-refractivity contribution in [1.29, 1.82) is 0 Å². The number of aliphatic hydroxyl groups is 1. The van der Waals surface area contributed by atoms with Gasteiger partial charge >= 0.3 is 0 Å². The number of halogens is 1. The van der Waals surface area contributed by atoms with E-state index in [1.54, 1.807) is 37.7 Å². The van der Waals surface area contributed by atoms with E-state index in [0.717, 1.165) is 11.4 Å². The van der Waals surface area contributed by atoms with E-state index in [4.69, 9.17) is 21.1 Å². The summed E-state index contributed by atoms with van der Waals surface area (Å²) in [5.41, 5.74) is 0.842. The minimum atomic E-state index is -0.654. The van der Waals surface area contributed by atoms with Gasteiger partial charge in [0.2, 0.25) is 0 Å². The molecule has 2 aromatic carbocycles. The Hall–Kier alpha value is -2.22. The first kappa shape index (κ1) is 18.6. The Morgan fingerprint density at radius 1 is 1.19 bits per heavy atom. The van der Waals surface area contributed by atoms with Gasteiger partial charge in [-0.3, -0.25) is 4.57 Å². The summed E-state index contributed by atoms with van der Waals surface area (Å²) in [6, 6.07) is 14.6. The molecule has 0 saturated heterocycles. The zero-order valence-corrected chi connectivity index (χ0v) is 15.7. The van der Waals surface area contributed by atoms with E-state index in [9.17, 15) is 5.11 Å². The Morgan fingerprint density at radius 3 is 2.73 bits per heavy atom. The van der Waals surface area contributed by atoms with E-state index in [0.29, 0.717) is 21.7 Å². The van der Waals surface area contributed by atoms with E-state index in [-0.39, 0.29) is 6.61 Å². The summed E-state index contributed by atoms with van der Waals surface area (Å²) in [6.07, 6.45) is 0.968. The van der Waals surface area contributed by atoms with Gasteiger partial charge in [-0.05, 0) is 36.4 Å². The molecule has 0 aliphatic carbocycles. The number of thioether (sulfide) groups is 1. The molecular weight excluding hydrogens is 374 g/mol. The lowest BCUT2D eigenvalue weighted by Gasteiger charge is -2.13. The molecule has 3 aromatic rings. The number of hydrogen-bond acceptors (Lipinski definition) is 6. The van der Waals surface area contributed by atoms with Crippen LogP contribution < -0.4 is 9.47 Å². The SMILES string of the molecule is COc1ccccc1-n1cnnc1SCC(O)COc1ccc(Cl)cc1. The summed E-state index contributed by atoms with van der Waals surface area (Å²) in [5, 5.41) is 19.6. The number of aliphatic hydroxyl groups excluding tert-OH is 1. The lowest BCUT2D eigenvalue weighted by Crippen LogP contribution is -2.20. The highest BCUT2D eigenvalue weighted by molar-refractivity contribution is 7.99. The van der Waals surface area contributed by atoms with Gasteiger partial charge in [-0.25, -0.2) is 0 Å². The quantitative estimate of drug-likeness (QED) is 0.593. The molecular formula is C18H18ClN3O3S. The van der Waals surface area contributed by atoms with Crippen molar-refractivity contribution in [2.75, 3.05) is 19.5 Å². The molecule has 3 rings (SSSR count). The molecule has 0 saturated carbocycles. The second-order valence-corrected chi connectivity index (χ2v) is 6.81. The first-order valence-corrected chi connectivity index (χ1v) is 9.26. The number of nitrogens with zero attached hydrogens (tertiary/aromatic N) is 3. The number of rotatable bonds is 8. The van der Waals surface area contributed by atoms with Crippen LogP contribution in [0.15, 0.2) is 60.0 Å². The zero-order valence-electron chi connectivity index (χ0n) is 14.1. The molecule has 26 heavy (non-hydrogen) atoms. The van der Waals surface area contributed by atoms with Crippen molar-refractivity contribution >= 4 is 23.4 Å². The van der Waals surface area contributed by atoms with Gasteiger partial charge < -0.3 is 14.6 Å². The fourth-order valence-electron chi connectivity index (χ4n) is 2.26. The molecule has 1 aromatic heterocycles. The topological polar surface area (TPSA) is 69.4 Å². The van der Waals surface area contributed by atoms with Crippen LogP contribution >= 0.6 is 23.4 Å². The van der Waals surface area contributed by atoms with E-state index in [2.05, 4.69) is 10.2 Å². The molecule has 1 atom stereocenters. The Kier molecular flexibility index (Phi) is 6.38. The minimum absolute atomic E-state index is 0.178. The molecule has 0 radical (unpaired) electrons. The summed E-state index contributed by atoms with van der Waals surface area (Å²) >= 11 is 7.23. The van der Waals surface area contributed by atoms with Gasteiger partial charge in [-0.15, -0.1) is 10.2 Å². The van der Waals surface area contributed by atoms with Crippen molar-refractivity contribution in [3.8, 4) is 17.2 Å². The van der Waals surface area contributed by atoms with Crippen LogP contribution in [0.5, 0.6) is 11.5 Å². The van der Waals surface area contributed by atoms with E-state index >= 15 is 0 Å². The van der Waals surface area contributed by atoms with Gasteiger partial charge in [0.05, 0.1) is 18.9 Å². The van der Waals surface area contributed by atoms with Crippen LogP contribution in [0.1, 0.15) is 0 Å². The Morgan fingerprint density at radius 2 is 1.96 bits per heavy atom. The van der Waals surface area contributed by atoms with E-state index in [1.165, 1.54) is 11.8 Å². The van der Waals surface area contributed by atoms with Crippen LogP contribution in [0.2, 0.25) is 5.02 Å². The van der Waals surface area contributed by atoms with Gasteiger partial charge in [0, 0.05) is 10.8 Å². The average molecular weight is 392 g/mol. The maximum Gasteiger partial charge on any atom is 0.195 e. The third kappa shape index (κ3) is 4.69. The Bertz CT molecular complexity index is 842. The smallest absolute Gasteiger partial charge is 0.195 e. The second-order valence-electron chi connectivity index (χ2n) is 5.39. The van der Waals surface area contributed by atoms with Gasteiger partial charge in [0.25, 0.3) is 0 Å². The zero-order chi connectivity index (χ0) is 18.4. The summed E-state index contributed by atoms with van der Waals surface area (Å²) in [7, 11) is 1.62. The summed E-state index contributed by atoms with van der Waals surface area (Å²) in [4.78, 5) is 0. The highest BCUT2D eigenvalue weighted by Crippen LogP contribution is 2.27. The second kappa shape index (κ2) is 8.93. The molecule has 1 N–H and O–H groups in total. The molecule has 8 heteroatoms. The molecule has 1 heterocycles. The molecule has 136 valence electrons. The normalized spacial score (nSPS) is 12.0. The van der Waals surface area contributed by atoms with Crippen LogP contribution in [0.4, 0.5) is 0 Å². The van der Waals surface area contributed by atoms with Crippen LogP contribution in [-0.4, -0.2) is 45.4 Å². The number of ether oxygens (including phenoxy) is 2. The standard InChI is InChI=1S/C18H18ClN3O3S/c1-24-17-5-3-2-4-16(17)22-12-20-21-18(22)26-11-14(23)10-25-15-8-6-13(19)7-9-15/h2-9,12,14,23H,10-11H2,1H3. The molecule has 0 amide bonds. The maximum atomic E-state index is 10.2. The van der Waals surface area contributed by atoms with Gasteiger partial charge in [-0.2, -0.15) is 0 Å². The Balaban J connectivity index is 1.58. The van der Waals surface area contributed by atoms with Crippen LogP contribution in [0.25, 0.3) is 5.69 Å². The van der Waals surface area contributed by atoms with Crippen molar-refractivity contribution in [1.82, 2.24) is 14.8 Å². The minimum Gasteiger partial charge on any atom is -0.495 e. The van der Waals surface area contributed by atoms with Crippen molar-refractivity contribution in [3.05, 3.63) is 59.9 Å². The molecule has 1 unspecified atom stereocenters. The number of aromatic nitrogens is 3. The predicted octanol–water partition coefficient (Wildman–Crippen LogP) is 3.46. The molecule has 0 aliphatic heterocycles. The van der Waals surface area contributed by atoms with E-state index < -0.39 is 6.10 Å². The Labute approximate surface area is 160 Å². The fraction of sp³-hybridized carbons (Fsp3) is 0.222. The largest absolute Gasteiger partial charge is 0.495 e. The first-order chi connectivity index (χ1) is 12.7. The summed E-state index contributed by atoms with van der Waals surface area (Å²) < 4.78 is 12.8. The van der Waals surface area contributed by atoms with E-state index in [1.807, 2.05) is 28.8 Å². The lowest BCUT2D eigenvalue weighted by atomic mass is 10.3. The van der Waals surface area contributed by atoms with Crippen molar-refractivity contribution in [2.45, 2.75) is 11.3 Å². The average Bonchev–Trinajstić information content (AvgIpc) is 3.14. The highest BCUT2D eigenvalue weighted by Gasteiger charge is 2.14. The molecule has 0 spiro atoms. The first-order valence-electron chi connectivity index (χ1n) is 7.90. The van der Waals surface area contributed by atoms with Crippen LogP contribution in [0.3, 0.4) is 0 Å². The lowest BCUT2D eigenvalue weighted by molar-refractivity contribution is 0.126. The van der Waals surface area contributed by atoms with Gasteiger partial charge in [-0.1, -0.05) is 35.5 Å². The van der Waals surface area contributed by atoms with Crippen molar-refractivity contribution < 1.29 is 14.6 Å². The number of methoxy groups -OCH3 is 1. The van der Waals surface area contributed by atoms with Crippen LogP contribution in [-0.2, 0) is 0 Å². The number of para-hydroxylation sites is 2. The van der Waals surface area contributed by atoms with Crippen molar-refractivity contribution in [2.24, 2.45) is 0 Å². The van der Waals surface area contributed by atoms with Crippen LogP contribution in [0, 0.1) is 0 Å². The van der Waals surface area contributed by atoms with Crippen molar-refractivity contribution in [3.63, 3.8) is 0 Å². The highest BCUT2D eigenvalue weighted by atomic mass is 35.5. The van der Waals surface area contributed by atoms with Gasteiger partial charge in [0.1, 0.15) is 24.4 Å². The predicted molar refractivity (Wildman–Crippen MR) is 102 cm³/mol. The molecule has 0 aliphatic rings. The third-order valence-electron chi connectivity index (χ3n) is 3.52. The monoisotopic (exact) mass is 391 g/mol. The maximum absolute atomic E-state index is 10.2. The fourth-order valence-corrected chi connectivity index (χ4v) is 3.21. The molecule has 0 bridgehead atoms. The summed E-state index contributed by atoms with van der Waals surface area (Å²) in [5.74, 6) is 1.80.